The van der Waals surface area contributed by atoms with Crippen molar-refractivity contribution in [2.45, 2.75) is 37.7 Å². The van der Waals surface area contributed by atoms with E-state index in [-0.39, 0.29) is 40.3 Å². The van der Waals surface area contributed by atoms with E-state index in [4.69, 9.17) is 21.1 Å². The normalized spacial score (nSPS) is 23.6. The summed E-state index contributed by atoms with van der Waals surface area (Å²) in [5.74, 6) is 0.855. The molecule has 5 rings (SSSR count). The highest BCUT2D eigenvalue weighted by atomic mass is 35.5. The van der Waals surface area contributed by atoms with E-state index in [0.29, 0.717) is 38.5 Å². The second kappa shape index (κ2) is 11.2. The predicted octanol–water partition coefficient (Wildman–Crippen LogP) is 4.26. The summed E-state index contributed by atoms with van der Waals surface area (Å²) < 4.78 is 12.6. The number of hydrogen-bond donors (Lipinski definition) is 3. The van der Waals surface area contributed by atoms with Crippen molar-refractivity contribution in [3.8, 4) is 0 Å². The summed E-state index contributed by atoms with van der Waals surface area (Å²) in [6.45, 7) is 1.60. The topological polar surface area (TPSA) is 114 Å². The zero-order valence-corrected chi connectivity index (χ0v) is 20.9. The fourth-order valence-electron chi connectivity index (χ4n) is 5.23. The third-order valence-corrected chi connectivity index (χ3v) is 7.32. The molecule has 0 spiro atoms. The number of nitrogens with zero attached hydrogens (tertiary/aromatic N) is 2. The summed E-state index contributed by atoms with van der Waals surface area (Å²) in [7, 11) is 0. The smallest absolute Gasteiger partial charge is 0.232 e. The lowest BCUT2D eigenvalue weighted by Gasteiger charge is -2.24. The van der Waals surface area contributed by atoms with Gasteiger partial charge in [0.15, 0.2) is 11.0 Å². The molecule has 192 valence electrons. The largest absolute Gasteiger partial charge is 0.376 e. The molecule has 37 heavy (non-hydrogen) atoms. The van der Waals surface area contributed by atoms with Crippen LogP contribution in [0, 0.1) is 11.8 Å². The molecular formula is C27H28ClN5O4. The van der Waals surface area contributed by atoms with Crippen molar-refractivity contribution in [1.82, 2.24) is 9.97 Å². The van der Waals surface area contributed by atoms with Crippen molar-refractivity contribution in [1.29, 1.82) is 0 Å². The van der Waals surface area contributed by atoms with Gasteiger partial charge in [0.1, 0.15) is 5.69 Å². The molecule has 1 heterocycles. The monoisotopic (exact) mass is 521 g/mol. The van der Waals surface area contributed by atoms with Crippen LogP contribution in [0.3, 0.4) is 0 Å². The van der Waals surface area contributed by atoms with Crippen molar-refractivity contribution in [3.05, 3.63) is 76.9 Å². The van der Waals surface area contributed by atoms with Crippen LogP contribution < -0.4 is 16.0 Å². The SMILES string of the molecule is O=CNc1nc(Cl)c(NC=O)c(N[C@@]23C[C@H](OCc4ccccc4)[C@@H](COCc4ccccc4)[C@@H]2C3)n1. The van der Waals surface area contributed by atoms with Gasteiger partial charge in [-0.1, -0.05) is 72.3 Å². The Kier molecular flexibility index (Phi) is 7.64. The van der Waals surface area contributed by atoms with Crippen LogP contribution in [0.4, 0.5) is 17.5 Å². The van der Waals surface area contributed by atoms with Crippen molar-refractivity contribution in [3.63, 3.8) is 0 Å². The number of hydrogen-bond acceptors (Lipinski definition) is 7. The maximum Gasteiger partial charge on any atom is 0.232 e. The Morgan fingerprint density at radius 2 is 1.59 bits per heavy atom. The first-order chi connectivity index (χ1) is 18.1. The van der Waals surface area contributed by atoms with Crippen LogP contribution in [0.25, 0.3) is 0 Å². The Morgan fingerprint density at radius 3 is 2.27 bits per heavy atom. The van der Waals surface area contributed by atoms with E-state index in [2.05, 4.69) is 25.9 Å². The van der Waals surface area contributed by atoms with Crippen molar-refractivity contribution in [2.24, 2.45) is 11.8 Å². The second-order valence-electron chi connectivity index (χ2n) is 9.38. The van der Waals surface area contributed by atoms with Gasteiger partial charge in [0.05, 0.1) is 25.9 Å². The lowest BCUT2D eigenvalue weighted by atomic mass is 10.0. The van der Waals surface area contributed by atoms with Crippen LogP contribution in [-0.4, -0.2) is 41.0 Å². The molecule has 4 atom stereocenters. The van der Waals surface area contributed by atoms with Gasteiger partial charge in [0.25, 0.3) is 0 Å². The lowest BCUT2D eigenvalue weighted by molar-refractivity contribution is -0.106. The number of halogens is 1. The number of nitrogens with one attached hydrogen (secondary N) is 3. The van der Waals surface area contributed by atoms with Crippen LogP contribution in [0.5, 0.6) is 0 Å². The molecule has 3 aromatic rings. The van der Waals surface area contributed by atoms with E-state index in [0.717, 1.165) is 24.0 Å². The standard InChI is InChI=1S/C27H28ClN5O4/c28-24-23(29-16-34)25(32-26(31-24)30-17-35)33-27-11-21(27)20(15-36-13-18-7-3-1-4-8-18)22(12-27)37-14-19-9-5-2-6-10-19/h1-10,16-17,20-22H,11-15H2,(H,29,34)(H2,30,31,32,33,35)/t20-,21-,22-,27-/m0/s1. The van der Waals surface area contributed by atoms with Gasteiger partial charge in [0.2, 0.25) is 18.8 Å². The molecular weight excluding hydrogens is 494 g/mol. The number of amides is 2. The molecule has 9 nitrogen and oxygen atoms in total. The highest BCUT2D eigenvalue weighted by molar-refractivity contribution is 6.33. The maximum absolute atomic E-state index is 11.2. The first-order valence-electron chi connectivity index (χ1n) is 12.1. The van der Waals surface area contributed by atoms with Gasteiger partial charge in [-0.2, -0.15) is 9.97 Å². The number of carbonyl (C=O) groups is 2. The summed E-state index contributed by atoms with van der Waals surface area (Å²) in [6.07, 6.45) is 2.60. The summed E-state index contributed by atoms with van der Waals surface area (Å²) in [5, 5.41) is 8.52. The molecule has 0 bridgehead atoms. The van der Waals surface area contributed by atoms with E-state index < -0.39 is 0 Å². The van der Waals surface area contributed by atoms with E-state index in [9.17, 15) is 9.59 Å². The fourth-order valence-corrected chi connectivity index (χ4v) is 5.45. The molecule has 0 aliphatic heterocycles. The van der Waals surface area contributed by atoms with Gasteiger partial charge in [0, 0.05) is 11.5 Å². The Hall–Kier alpha value is -3.53. The Morgan fingerprint density at radius 1 is 0.919 bits per heavy atom. The molecule has 3 N–H and O–H groups in total. The minimum Gasteiger partial charge on any atom is -0.376 e. The minimum atomic E-state index is -0.294. The van der Waals surface area contributed by atoms with Gasteiger partial charge < -0.3 is 20.1 Å². The van der Waals surface area contributed by atoms with E-state index in [1.165, 1.54) is 0 Å². The number of fused-ring (bicyclic) bond motifs is 1. The fraction of sp³-hybridized carbons (Fsp3) is 0.333. The third kappa shape index (κ3) is 5.74. The van der Waals surface area contributed by atoms with Crippen LogP contribution in [-0.2, 0) is 32.3 Å². The van der Waals surface area contributed by atoms with Gasteiger partial charge >= 0.3 is 0 Å². The Balaban J connectivity index is 1.33. The molecule has 0 saturated heterocycles. The zero-order valence-electron chi connectivity index (χ0n) is 20.1. The van der Waals surface area contributed by atoms with Crippen LogP contribution in [0.15, 0.2) is 60.7 Å². The number of rotatable bonds is 13. The van der Waals surface area contributed by atoms with Gasteiger partial charge in [-0.15, -0.1) is 0 Å². The molecule has 2 aliphatic rings. The molecule has 2 amide bonds. The quantitative estimate of drug-likeness (QED) is 0.227. The van der Waals surface area contributed by atoms with Crippen LogP contribution >= 0.6 is 11.6 Å². The minimum absolute atomic E-state index is 0.0279. The Labute approximate surface area is 219 Å². The molecule has 0 radical (unpaired) electrons. The van der Waals surface area contributed by atoms with Crippen LogP contribution in [0.1, 0.15) is 24.0 Å². The lowest BCUT2D eigenvalue weighted by Crippen LogP contribution is -2.28. The number of carbonyl (C=O) groups excluding carboxylic acids is 2. The summed E-state index contributed by atoms with van der Waals surface area (Å²) in [6, 6.07) is 20.2. The predicted molar refractivity (Wildman–Crippen MR) is 140 cm³/mol. The molecule has 0 unspecified atom stereocenters. The van der Waals surface area contributed by atoms with Crippen LogP contribution in [0.2, 0.25) is 5.15 Å². The number of ether oxygens (including phenoxy) is 2. The van der Waals surface area contributed by atoms with Gasteiger partial charge in [-0.05, 0) is 29.9 Å². The first-order valence-corrected chi connectivity index (χ1v) is 12.5. The maximum atomic E-state index is 11.2. The van der Waals surface area contributed by atoms with E-state index >= 15 is 0 Å². The van der Waals surface area contributed by atoms with E-state index in [1.54, 1.807) is 0 Å². The summed E-state index contributed by atoms with van der Waals surface area (Å²) in [4.78, 5) is 30.6. The molecule has 1 aromatic heterocycles. The van der Waals surface area contributed by atoms with Gasteiger partial charge in [-0.25, -0.2) is 0 Å². The average molecular weight is 522 g/mol. The molecule has 10 heteroatoms. The highest BCUT2D eigenvalue weighted by Gasteiger charge is 2.66. The van der Waals surface area contributed by atoms with Crippen molar-refractivity contribution < 1.29 is 19.1 Å². The molecule has 2 aromatic carbocycles. The first kappa shape index (κ1) is 25.1. The summed E-state index contributed by atoms with van der Waals surface area (Å²) >= 11 is 6.28. The molecule has 2 fully saturated rings. The summed E-state index contributed by atoms with van der Waals surface area (Å²) in [5.41, 5.74) is 2.20. The van der Waals surface area contributed by atoms with E-state index in [1.807, 2.05) is 60.7 Å². The highest BCUT2D eigenvalue weighted by Crippen LogP contribution is 2.61. The molecule has 2 saturated carbocycles. The zero-order chi connectivity index (χ0) is 25.7. The van der Waals surface area contributed by atoms with Crippen molar-refractivity contribution in [2.75, 3.05) is 22.6 Å². The Bertz CT molecular complexity index is 1230. The molecule has 2 aliphatic carbocycles. The number of benzene rings is 2. The van der Waals surface area contributed by atoms with Gasteiger partial charge in [-0.3, -0.25) is 14.9 Å². The third-order valence-electron chi connectivity index (χ3n) is 7.05. The number of anilines is 3. The number of aromatic nitrogens is 2. The second-order valence-corrected chi connectivity index (χ2v) is 9.74. The van der Waals surface area contributed by atoms with Crippen molar-refractivity contribution >= 4 is 41.9 Å². The average Bonchev–Trinajstić information content (AvgIpc) is 3.52.